The second-order valence-electron chi connectivity index (χ2n) is 6.32. The summed E-state index contributed by atoms with van der Waals surface area (Å²) in [6.45, 7) is 1.95. The zero-order valence-electron chi connectivity index (χ0n) is 13.5. The Kier molecular flexibility index (Phi) is 3.88. The van der Waals surface area contributed by atoms with Crippen LogP contribution in [0.15, 0.2) is 60.8 Å². The maximum absolute atomic E-state index is 9.52. The summed E-state index contributed by atoms with van der Waals surface area (Å²) in [6.07, 6.45) is 3.94. The predicted molar refractivity (Wildman–Crippen MR) is 97.1 cm³/mol. The van der Waals surface area contributed by atoms with Crippen LogP contribution < -0.4 is 4.90 Å². The average Bonchev–Trinajstić information content (AvgIpc) is 2.68. The minimum Gasteiger partial charge on any atom is -0.370 e. The van der Waals surface area contributed by atoms with Crippen LogP contribution in [0, 0.1) is 11.3 Å². The van der Waals surface area contributed by atoms with Gasteiger partial charge in [0, 0.05) is 24.7 Å². The van der Waals surface area contributed by atoms with Crippen molar-refractivity contribution in [2.45, 2.75) is 18.8 Å². The normalized spacial score (nSPS) is 15.4. The van der Waals surface area contributed by atoms with Crippen LogP contribution in [0.5, 0.6) is 0 Å². The molecule has 0 aliphatic carbocycles. The van der Waals surface area contributed by atoms with E-state index >= 15 is 0 Å². The number of nitriles is 1. The first-order chi connectivity index (χ1) is 11.9. The Morgan fingerprint density at radius 3 is 2.42 bits per heavy atom. The maximum atomic E-state index is 9.52. The second kappa shape index (κ2) is 6.33. The summed E-state index contributed by atoms with van der Waals surface area (Å²) < 4.78 is 0. The maximum Gasteiger partial charge on any atom is 0.103 e. The van der Waals surface area contributed by atoms with Gasteiger partial charge in [-0.2, -0.15) is 5.26 Å². The number of fused-ring (bicyclic) bond motifs is 1. The zero-order valence-corrected chi connectivity index (χ0v) is 13.5. The van der Waals surface area contributed by atoms with E-state index < -0.39 is 0 Å². The van der Waals surface area contributed by atoms with Crippen LogP contribution >= 0.6 is 0 Å². The SMILES string of the molecule is N#Cc1cnc2ccccc2c1N1CCC(c2ccccc2)CC1. The fraction of sp³-hybridized carbons (Fsp3) is 0.238. The number of rotatable bonds is 2. The lowest BCUT2D eigenvalue weighted by Crippen LogP contribution is -2.33. The van der Waals surface area contributed by atoms with Crippen LogP contribution in [-0.2, 0) is 0 Å². The van der Waals surface area contributed by atoms with Crippen LogP contribution in [-0.4, -0.2) is 18.1 Å². The van der Waals surface area contributed by atoms with Crippen LogP contribution in [0.1, 0.15) is 29.9 Å². The number of piperidine rings is 1. The van der Waals surface area contributed by atoms with Gasteiger partial charge in [-0.3, -0.25) is 4.98 Å². The van der Waals surface area contributed by atoms with Gasteiger partial charge in [0.15, 0.2) is 0 Å². The molecule has 3 heteroatoms. The third-order valence-corrected chi connectivity index (χ3v) is 4.95. The Morgan fingerprint density at radius 2 is 1.67 bits per heavy atom. The molecular weight excluding hydrogens is 294 g/mol. The van der Waals surface area contributed by atoms with Crippen molar-refractivity contribution >= 4 is 16.6 Å². The lowest BCUT2D eigenvalue weighted by molar-refractivity contribution is 0.506. The van der Waals surface area contributed by atoms with Gasteiger partial charge >= 0.3 is 0 Å². The van der Waals surface area contributed by atoms with Gasteiger partial charge in [0.1, 0.15) is 6.07 Å². The monoisotopic (exact) mass is 313 g/mol. The van der Waals surface area contributed by atoms with Gasteiger partial charge in [-0.1, -0.05) is 48.5 Å². The number of para-hydroxylation sites is 1. The van der Waals surface area contributed by atoms with Crippen LogP contribution in [0.4, 0.5) is 5.69 Å². The van der Waals surface area contributed by atoms with Crippen molar-refractivity contribution in [2.75, 3.05) is 18.0 Å². The highest BCUT2D eigenvalue weighted by Crippen LogP contribution is 2.35. The molecule has 2 heterocycles. The number of benzene rings is 2. The van der Waals surface area contributed by atoms with Gasteiger partial charge in [-0.25, -0.2) is 0 Å². The second-order valence-corrected chi connectivity index (χ2v) is 6.32. The average molecular weight is 313 g/mol. The number of hydrogen-bond acceptors (Lipinski definition) is 3. The quantitative estimate of drug-likeness (QED) is 0.700. The zero-order chi connectivity index (χ0) is 16.4. The van der Waals surface area contributed by atoms with E-state index in [2.05, 4.69) is 52.4 Å². The smallest absolute Gasteiger partial charge is 0.103 e. The first-order valence-electron chi connectivity index (χ1n) is 8.44. The van der Waals surface area contributed by atoms with Crippen molar-refractivity contribution in [1.82, 2.24) is 4.98 Å². The van der Waals surface area contributed by atoms with E-state index in [4.69, 9.17) is 0 Å². The highest BCUT2D eigenvalue weighted by molar-refractivity contribution is 5.94. The molecule has 0 bridgehead atoms. The minimum absolute atomic E-state index is 0.612. The Balaban J connectivity index is 1.64. The molecule has 1 aliphatic rings. The van der Waals surface area contributed by atoms with E-state index in [1.165, 1.54) is 5.56 Å². The molecule has 4 rings (SSSR count). The van der Waals surface area contributed by atoms with Gasteiger partial charge in [0.25, 0.3) is 0 Å². The Morgan fingerprint density at radius 1 is 0.958 bits per heavy atom. The van der Waals surface area contributed by atoms with Crippen molar-refractivity contribution in [3.8, 4) is 6.07 Å². The summed E-state index contributed by atoms with van der Waals surface area (Å²) in [6, 6.07) is 21.2. The van der Waals surface area contributed by atoms with E-state index in [-0.39, 0.29) is 0 Å². The fourth-order valence-corrected chi connectivity index (χ4v) is 3.71. The molecule has 0 saturated carbocycles. The number of anilines is 1. The summed E-state index contributed by atoms with van der Waals surface area (Å²) in [7, 11) is 0. The first kappa shape index (κ1) is 14.7. The molecular formula is C21H19N3. The minimum atomic E-state index is 0.612. The van der Waals surface area contributed by atoms with Crippen molar-refractivity contribution in [2.24, 2.45) is 0 Å². The van der Waals surface area contributed by atoms with Gasteiger partial charge in [0.05, 0.1) is 16.8 Å². The Bertz CT molecular complexity index is 888. The van der Waals surface area contributed by atoms with E-state index in [9.17, 15) is 5.26 Å². The number of pyridine rings is 1. The molecule has 0 spiro atoms. The largest absolute Gasteiger partial charge is 0.370 e. The van der Waals surface area contributed by atoms with Crippen molar-refractivity contribution in [3.05, 3.63) is 71.9 Å². The molecule has 1 fully saturated rings. The fourth-order valence-electron chi connectivity index (χ4n) is 3.71. The van der Waals surface area contributed by atoms with Crippen LogP contribution in [0.2, 0.25) is 0 Å². The summed E-state index contributed by atoms with van der Waals surface area (Å²) in [5, 5.41) is 10.6. The lowest BCUT2D eigenvalue weighted by Gasteiger charge is -2.34. The molecule has 0 radical (unpaired) electrons. The molecule has 1 saturated heterocycles. The Hall–Kier alpha value is -2.86. The number of hydrogen-bond donors (Lipinski definition) is 0. The molecule has 0 unspecified atom stereocenters. The molecule has 1 aromatic heterocycles. The van der Waals surface area contributed by atoms with E-state index in [1.807, 2.05) is 18.2 Å². The van der Waals surface area contributed by atoms with E-state index in [1.54, 1.807) is 6.20 Å². The molecule has 1 aliphatic heterocycles. The third-order valence-electron chi connectivity index (χ3n) is 4.95. The molecule has 24 heavy (non-hydrogen) atoms. The summed E-state index contributed by atoms with van der Waals surface area (Å²) >= 11 is 0. The van der Waals surface area contributed by atoms with Crippen molar-refractivity contribution in [1.29, 1.82) is 5.26 Å². The predicted octanol–water partition coefficient (Wildman–Crippen LogP) is 4.49. The van der Waals surface area contributed by atoms with Crippen LogP contribution in [0.25, 0.3) is 10.9 Å². The molecule has 2 aromatic carbocycles. The molecule has 3 nitrogen and oxygen atoms in total. The first-order valence-corrected chi connectivity index (χ1v) is 8.44. The summed E-state index contributed by atoms with van der Waals surface area (Å²) in [5.41, 5.74) is 4.11. The molecule has 3 aromatic rings. The number of aromatic nitrogens is 1. The van der Waals surface area contributed by atoms with Gasteiger partial charge in [0.2, 0.25) is 0 Å². The highest BCUT2D eigenvalue weighted by Gasteiger charge is 2.23. The Labute approximate surface area is 142 Å². The molecule has 0 N–H and O–H groups in total. The van der Waals surface area contributed by atoms with Crippen molar-refractivity contribution < 1.29 is 0 Å². The third kappa shape index (κ3) is 2.61. The molecule has 0 amide bonds. The van der Waals surface area contributed by atoms with Gasteiger partial charge in [-0.15, -0.1) is 0 Å². The van der Waals surface area contributed by atoms with E-state index in [0.29, 0.717) is 11.5 Å². The summed E-state index contributed by atoms with van der Waals surface area (Å²) in [5.74, 6) is 0.612. The van der Waals surface area contributed by atoms with Gasteiger partial charge in [-0.05, 0) is 30.4 Å². The lowest BCUT2D eigenvalue weighted by atomic mass is 9.89. The standard InChI is InChI=1S/C21H19N3/c22-14-18-15-23-20-9-5-4-8-19(20)21(18)24-12-10-17(11-13-24)16-6-2-1-3-7-16/h1-9,15,17H,10-13H2. The van der Waals surface area contributed by atoms with Gasteiger partial charge < -0.3 is 4.90 Å². The summed E-state index contributed by atoms with van der Waals surface area (Å²) in [4.78, 5) is 6.78. The molecule has 118 valence electrons. The molecule has 0 atom stereocenters. The highest BCUT2D eigenvalue weighted by atomic mass is 15.1. The van der Waals surface area contributed by atoms with Crippen LogP contribution in [0.3, 0.4) is 0 Å². The number of nitrogens with zero attached hydrogens (tertiary/aromatic N) is 3. The van der Waals surface area contributed by atoms with E-state index in [0.717, 1.165) is 42.5 Å². The van der Waals surface area contributed by atoms with Crippen molar-refractivity contribution in [3.63, 3.8) is 0 Å². The topological polar surface area (TPSA) is 39.9 Å².